The molecule has 1 aliphatic heterocycles. The topological polar surface area (TPSA) is 63.9 Å². The SMILES string of the molecule is COc1ccc(NC(=O)N2CCCC2c2ccco2)cc1OC. The molecule has 1 aromatic carbocycles. The van der Waals surface area contributed by atoms with Gasteiger partial charge in [-0.3, -0.25) is 0 Å². The Morgan fingerprint density at radius 2 is 2.09 bits per heavy atom. The Morgan fingerprint density at radius 3 is 2.78 bits per heavy atom. The molecule has 1 fully saturated rings. The number of methoxy groups -OCH3 is 2. The van der Waals surface area contributed by atoms with Crippen molar-refractivity contribution in [3.8, 4) is 11.5 Å². The van der Waals surface area contributed by atoms with Crippen LogP contribution >= 0.6 is 0 Å². The number of carbonyl (C=O) groups excluding carboxylic acids is 1. The van der Waals surface area contributed by atoms with E-state index in [1.165, 1.54) is 0 Å². The molecule has 1 aliphatic rings. The molecule has 0 bridgehead atoms. The zero-order chi connectivity index (χ0) is 16.2. The smallest absolute Gasteiger partial charge is 0.322 e. The maximum Gasteiger partial charge on any atom is 0.322 e. The molecule has 0 aliphatic carbocycles. The van der Waals surface area contributed by atoms with Crippen LogP contribution in [0.2, 0.25) is 0 Å². The van der Waals surface area contributed by atoms with Crippen LogP contribution in [0.25, 0.3) is 0 Å². The first-order valence-corrected chi connectivity index (χ1v) is 7.56. The van der Waals surface area contributed by atoms with Crippen molar-refractivity contribution in [1.82, 2.24) is 4.90 Å². The maximum absolute atomic E-state index is 12.6. The summed E-state index contributed by atoms with van der Waals surface area (Å²) in [6.07, 6.45) is 3.51. The molecule has 23 heavy (non-hydrogen) atoms. The Balaban J connectivity index is 1.74. The van der Waals surface area contributed by atoms with Gasteiger partial charge < -0.3 is 24.1 Å². The first-order valence-electron chi connectivity index (χ1n) is 7.56. The van der Waals surface area contributed by atoms with Gasteiger partial charge >= 0.3 is 6.03 Å². The molecule has 1 N–H and O–H groups in total. The van der Waals surface area contributed by atoms with Gasteiger partial charge in [-0.05, 0) is 37.1 Å². The highest BCUT2D eigenvalue weighted by molar-refractivity contribution is 5.90. The molecule has 0 saturated carbocycles. The van der Waals surface area contributed by atoms with Gasteiger partial charge in [-0.15, -0.1) is 0 Å². The molecule has 6 heteroatoms. The highest BCUT2D eigenvalue weighted by Crippen LogP contribution is 2.34. The lowest BCUT2D eigenvalue weighted by atomic mass is 10.2. The predicted octanol–water partition coefficient (Wildman–Crippen LogP) is 3.67. The zero-order valence-electron chi connectivity index (χ0n) is 13.2. The van der Waals surface area contributed by atoms with Crippen LogP contribution in [0.5, 0.6) is 11.5 Å². The molecule has 2 aromatic rings. The van der Waals surface area contributed by atoms with Crippen molar-refractivity contribution in [2.75, 3.05) is 26.1 Å². The number of hydrogen-bond donors (Lipinski definition) is 1. The maximum atomic E-state index is 12.6. The van der Waals surface area contributed by atoms with Gasteiger partial charge in [-0.25, -0.2) is 4.79 Å². The van der Waals surface area contributed by atoms with E-state index in [1.807, 2.05) is 12.1 Å². The molecule has 3 rings (SSSR count). The van der Waals surface area contributed by atoms with E-state index < -0.39 is 0 Å². The minimum Gasteiger partial charge on any atom is -0.493 e. The molecule has 2 amide bonds. The quantitative estimate of drug-likeness (QED) is 0.935. The lowest BCUT2D eigenvalue weighted by molar-refractivity contribution is 0.200. The van der Waals surface area contributed by atoms with Gasteiger partial charge in [0.05, 0.1) is 26.5 Å². The highest BCUT2D eigenvalue weighted by atomic mass is 16.5. The number of nitrogens with zero attached hydrogens (tertiary/aromatic N) is 1. The van der Waals surface area contributed by atoms with Crippen LogP contribution in [0.15, 0.2) is 41.0 Å². The van der Waals surface area contributed by atoms with E-state index in [4.69, 9.17) is 13.9 Å². The fourth-order valence-electron chi connectivity index (χ4n) is 2.90. The molecule has 122 valence electrons. The van der Waals surface area contributed by atoms with Crippen LogP contribution in [0, 0.1) is 0 Å². The Bertz CT molecular complexity index is 669. The van der Waals surface area contributed by atoms with E-state index in [0.717, 1.165) is 18.6 Å². The van der Waals surface area contributed by atoms with Crippen molar-refractivity contribution < 1.29 is 18.7 Å². The van der Waals surface area contributed by atoms with Crippen molar-refractivity contribution >= 4 is 11.7 Å². The normalized spacial score (nSPS) is 17.1. The van der Waals surface area contributed by atoms with Crippen LogP contribution in [-0.2, 0) is 0 Å². The molecule has 2 heterocycles. The number of urea groups is 1. The number of ether oxygens (including phenoxy) is 2. The molecular formula is C17H20N2O4. The van der Waals surface area contributed by atoms with E-state index >= 15 is 0 Å². The number of rotatable bonds is 4. The average Bonchev–Trinajstić information content (AvgIpc) is 3.25. The molecule has 1 unspecified atom stereocenters. The van der Waals surface area contributed by atoms with E-state index in [1.54, 1.807) is 43.6 Å². The number of hydrogen-bond acceptors (Lipinski definition) is 4. The van der Waals surface area contributed by atoms with Crippen LogP contribution in [0.3, 0.4) is 0 Å². The molecule has 0 radical (unpaired) electrons. The van der Waals surface area contributed by atoms with Crippen molar-refractivity contribution in [3.63, 3.8) is 0 Å². The van der Waals surface area contributed by atoms with Gasteiger partial charge in [0.25, 0.3) is 0 Å². The van der Waals surface area contributed by atoms with Crippen molar-refractivity contribution in [2.45, 2.75) is 18.9 Å². The van der Waals surface area contributed by atoms with Crippen LogP contribution < -0.4 is 14.8 Å². The second-order valence-corrected chi connectivity index (χ2v) is 5.37. The molecule has 1 saturated heterocycles. The van der Waals surface area contributed by atoms with Gasteiger partial charge in [0, 0.05) is 18.3 Å². The standard InChI is InChI=1S/C17H20N2O4/c1-21-15-8-7-12(11-16(15)22-2)18-17(20)19-9-3-5-13(19)14-6-4-10-23-14/h4,6-8,10-11,13H,3,5,9H2,1-2H3,(H,18,20). The van der Waals surface area contributed by atoms with Gasteiger partial charge in [0.1, 0.15) is 5.76 Å². The summed E-state index contributed by atoms with van der Waals surface area (Å²) in [4.78, 5) is 14.4. The number of likely N-dealkylation sites (tertiary alicyclic amines) is 1. The minimum absolute atomic E-state index is 0.00913. The second-order valence-electron chi connectivity index (χ2n) is 5.37. The Kier molecular flexibility index (Phi) is 4.41. The molecule has 0 spiro atoms. The monoisotopic (exact) mass is 316 g/mol. The molecular weight excluding hydrogens is 296 g/mol. The largest absolute Gasteiger partial charge is 0.493 e. The minimum atomic E-state index is -0.142. The Morgan fingerprint density at radius 1 is 1.26 bits per heavy atom. The Labute approximate surface area is 135 Å². The van der Waals surface area contributed by atoms with E-state index in [2.05, 4.69) is 5.32 Å². The summed E-state index contributed by atoms with van der Waals surface area (Å²) in [6.45, 7) is 0.713. The zero-order valence-corrected chi connectivity index (χ0v) is 13.2. The van der Waals surface area contributed by atoms with Crippen LogP contribution in [0.1, 0.15) is 24.6 Å². The van der Waals surface area contributed by atoms with E-state index in [-0.39, 0.29) is 12.1 Å². The summed E-state index contributed by atoms with van der Waals surface area (Å²) in [7, 11) is 3.14. The molecule has 6 nitrogen and oxygen atoms in total. The fourth-order valence-corrected chi connectivity index (χ4v) is 2.90. The average molecular weight is 316 g/mol. The second kappa shape index (κ2) is 6.64. The van der Waals surface area contributed by atoms with Gasteiger partial charge in [-0.1, -0.05) is 0 Å². The summed E-state index contributed by atoms with van der Waals surface area (Å²) in [5.41, 5.74) is 0.665. The summed E-state index contributed by atoms with van der Waals surface area (Å²) >= 11 is 0. The number of nitrogens with one attached hydrogen (secondary N) is 1. The van der Waals surface area contributed by atoms with Gasteiger partial charge in [-0.2, -0.15) is 0 Å². The number of carbonyl (C=O) groups is 1. The first-order chi connectivity index (χ1) is 11.2. The van der Waals surface area contributed by atoms with E-state index in [0.29, 0.717) is 23.7 Å². The number of furan rings is 1. The summed E-state index contributed by atoms with van der Waals surface area (Å²) in [6, 6.07) is 8.90. The van der Waals surface area contributed by atoms with Crippen molar-refractivity contribution in [3.05, 3.63) is 42.4 Å². The third kappa shape index (κ3) is 3.11. The van der Waals surface area contributed by atoms with Crippen molar-refractivity contribution in [1.29, 1.82) is 0 Å². The molecule has 1 atom stereocenters. The number of anilines is 1. The number of amides is 2. The highest BCUT2D eigenvalue weighted by Gasteiger charge is 2.31. The van der Waals surface area contributed by atoms with Crippen LogP contribution in [-0.4, -0.2) is 31.7 Å². The Hall–Kier alpha value is -2.63. The van der Waals surface area contributed by atoms with E-state index in [9.17, 15) is 4.79 Å². The van der Waals surface area contributed by atoms with Crippen molar-refractivity contribution in [2.24, 2.45) is 0 Å². The predicted molar refractivity (Wildman–Crippen MR) is 86.0 cm³/mol. The first kappa shape index (κ1) is 15.3. The third-order valence-corrected chi connectivity index (χ3v) is 4.02. The summed E-state index contributed by atoms with van der Waals surface area (Å²) in [5, 5.41) is 2.91. The fraction of sp³-hybridized carbons (Fsp3) is 0.353. The van der Waals surface area contributed by atoms with Gasteiger partial charge in [0.15, 0.2) is 11.5 Å². The molecule has 1 aromatic heterocycles. The summed E-state index contributed by atoms with van der Waals surface area (Å²) < 4.78 is 15.9. The summed E-state index contributed by atoms with van der Waals surface area (Å²) in [5.74, 6) is 2.03. The number of benzene rings is 1. The van der Waals surface area contributed by atoms with Crippen LogP contribution in [0.4, 0.5) is 10.5 Å². The third-order valence-electron chi connectivity index (χ3n) is 4.02. The van der Waals surface area contributed by atoms with Gasteiger partial charge in [0.2, 0.25) is 0 Å². The lowest BCUT2D eigenvalue weighted by Gasteiger charge is -2.23. The lowest BCUT2D eigenvalue weighted by Crippen LogP contribution is -2.34.